The SMILES string of the molecule is CCN(CC)C(=O)CN(CC(C)C(=O)O)C(C)C. The van der Waals surface area contributed by atoms with Crippen molar-refractivity contribution in [2.75, 3.05) is 26.2 Å². The average Bonchev–Trinajstić information content (AvgIpc) is 2.29. The van der Waals surface area contributed by atoms with Gasteiger partial charge in [-0.15, -0.1) is 0 Å². The lowest BCUT2D eigenvalue weighted by Gasteiger charge is -2.30. The summed E-state index contributed by atoms with van der Waals surface area (Å²) in [6.45, 7) is 11.6. The number of carboxylic acid groups (broad SMARTS) is 1. The Labute approximate surface area is 110 Å². The molecule has 0 aliphatic carbocycles. The van der Waals surface area contributed by atoms with Crippen molar-refractivity contribution >= 4 is 11.9 Å². The van der Waals surface area contributed by atoms with E-state index < -0.39 is 11.9 Å². The van der Waals surface area contributed by atoms with Crippen molar-refractivity contribution in [2.24, 2.45) is 5.92 Å². The highest BCUT2D eigenvalue weighted by atomic mass is 16.4. The molecule has 0 bridgehead atoms. The lowest BCUT2D eigenvalue weighted by molar-refractivity contribution is -0.143. The minimum absolute atomic E-state index is 0.0614. The Morgan fingerprint density at radius 3 is 1.94 bits per heavy atom. The Balaban J connectivity index is 4.53. The smallest absolute Gasteiger partial charge is 0.307 e. The van der Waals surface area contributed by atoms with Crippen LogP contribution in [-0.4, -0.2) is 59.0 Å². The second kappa shape index (κ2) is 8.08. The highest BCUT2D eigenvalue weighted by Crippen LogP contribution is 2.06. The quantitative estimate of drug-likeness (QED) is 0.712. The Hall–Kier alpha value is -1.10. The van der Waals surface area contributed by atoms with Crippen molar-refractivity contribution in [1.29, 1.82) is 0 Å². The maximum atomic E-state index is 12.0. The van der Waals surface area contributed by atoms with E-state index in [0.29, 0.717) is 19.6 Å². The topological polar surface area (TPSA) is 60.9 Å². The van der Waals surface area contributed by atoms with Gasteiger partial charge in [0.2, 0.25) is 5.91 Å². The summed E-state index contributed by atoms with van der Waals surface area (Å²) in [6, 6.07) is 0.159. The molecule has 0 aromatic carbocycles. The summed E-state index contributed by atoms with van der Waals surface area (Å²) in [5.41, 5.74) is 0. The predicted octanol–water partition coefficient (Wildman–Crippen LogP) is 1.29. The van der Waals surface area contributed by atoms with Gasteiger partial charge in [0.1, 0.15) is 0 Å². The molecule has 5 nitrogen and oxygen atoms in total. The minimum Gasteiger partial charge on any atom is -0.481 e. The summed E-state index contributed by atoms with van der Waals surface area (Å²) in [5, 5.41) is 8.93. The summed E-state index contributed by atoms with van der Waals surface area (Å²) in [4.78, 5) is 26.6. The number of hydrogen-bond acceptors (Lipinski definition) is 3. The molecule has 0 radical (unpaired) electrons. The Kier molecular flexibility index (Phi) is 7.59. The molecular weight excluding hydrogens is 232 g/mol. The van der Waals surface area contributed by atoms with E-state index in [1.54, 1.807) is 11.8 Å². The molecule has 0 saturated carbocycles. The van der Waals surface area contributed by atoms with Gasteiger partial charge in [0, 0.05) is 25.7 Å². The molecule has 1 unspecified atom stereocenters. The second-order valence-corrected chi connectivity index (χ2v) is 4.83. The molecule has 1 atom stereocenters. The molecule has 0 aliphatic rings. The van der Waals surface area contributed by atoms with Crippen LogP contribution in [0.5, 0.6) is 0 Å². The van der Waals surface area contributed by atoms with Crippen molar-refractivity contribution in [2.45, 2.75) is 40.7 Å². The third-order valence-electron chi connectivity index (χ3n) is 3.11. The summed E-state index contributed by atoms with van der Waals surface area (Å²) >= 11 is 0. The minimum atomic E-state index is -0.823. The molecule has 0 aliphatic heterocycles. The number of aliphatic carboxylic acids is 1. The molecule has 0 fully saturated rings. The third-order valence-corrected chi connectivity index (χ3v) is 3.11. The molecule has 1 amide bonds. The fourth-order valence-electron chi connectivity index (χ4n) is 1.74. The first-order valence-electron chi connectivity index (χ1n) is 6.58. The molecule has 18 heavy (non-hydrogen) atoms. The van der Waals surface area contributed by atoms with Gasteiger partial charge in [0.05, 0.1) is 12.5 Å². The second-order valence-electron chi connectivity index (χ2n) is 4.83. The number of nitrogens with zero attached hydrogens (tertiary/aromatic N) is 2. The van der Waals surface area contributed by atoms with Crippen LogP contribution in [0.25, 0.3) is 0 Å². The first-order chi connectivity index (χ1) is 8.33. The van der Waals surface area contributed by atoms with Crippen molar-refractivity contribution in [3.63, 3.8) is 0 Å². The van der Waals surface area contributed by atoms with Crippen molar-refractivity contribution in [3.8, 4) is 0 Å². The summed E-state index contributed by atoms with van der Waals surface area (Å²) in [7, 11) is 0. The van der Waals surface area contributed by atoms with Crippen molar-refractivity contribution in [1.82, 2.24) is 9.80 Å². The first kappa shape index (κ1) is 16.9. The normalized spacial score (nSPS) is 12.8. The fraction of sp³-hybridized carbons (Fsp3) is 0.846. The maximum absolute atomic E-state index is 12.0. The Bertz CT molecular complexity index is 275. The van der Waals surface area contributed by atoms with Crippen LogP contribution in [0.15, 0.2) is 0 Å². The van der Waals surface area contributed by atoms with Gasteiger partial charge < -0.3 is 10.0 Å². The van der Waals surface area contributed by atoms with Gasteiger partial charge in [-0.2, -0.15) is 0 Å². The van der Waals surface area contributed by atoms with E-state index >= 15 is 0 Å². The van der Waals surface area contributed by atoms with Gasteiger partial charge in [-0.25, -0.2) is 0 Å². The van der Waals surface area contributed by atoms with E-state index in [4.69, 9.17) is 5.11 Å². The number of amides is 1. The zero-order chi connectivity index (χ0) is 14.3. The largest absolute Gasteiger partial charge is 0.481 e. The summed E-state index contributed by atoms with van der Waals surface area (Å²) in [5.74, 6) is -1.22. The molecule has 0 heterocycles. The number of carboxylic acids is 1. The van der Waals surface area contributed by atoms with Crippen LogP contribution in [0, 0.1) is 5.92 Å². The van der Waals surface area contributed by atoms with Gasteiger partial charge in [0.25, 0.3) is 0 Å². The van der Waals surface area contributed by atoms with E-state index in [2.05, 4.69) is 0 Å². The van der Waals surface area contributed by atoms with Crippen LogP contribution in [-0.2, 0) is 9.59 Å². The lowest BCUT2D eigenvalue weighted by atomic mass is 10.1. The maximum Gasteiger partial charge on any atom is 0.307 e. The molecule has 0 aromatic heterocycles. The molecule has 1 N–H and O–H groups in total. The van der Waals surface area contributed by atoms with Crippen LogP contribution in [0.3, 0.4) is 0 Å². The zero-order valence-electron chi connectivity index (χ0n) is 12.1. The molecule has 0 spiro atoms. The van der Waals surface area contributed by atoms with Gasteiger partial charge in [-0.3, -0.25) is 14.5 Å². The van der Waals surface area contributed by atoms with Crippen LogP contribution < -0.4 is 0 Å². The van der Waals surface area contributed by atoms with E-state index in [1.807, 2.05) is 32.6 Å². The van der Waals surface area contributed by atoms with Gasteiger partial charge in [0.15, 0.2) is 0 Å². The Morgan fingerprint density at radius 2 is 1.61 bits per heavy atom. The van der Waals surface area contributed by atoms with Crippen LogP contribution in [0.4, 0.5) is 0 Å². The molecule has 106 valence electrons. The van der Waals surface area contributed by atoms with E-state index in [-0.39, 0.29) is 18.5 Å². The lowest BCUT2D eigenvalue weighted by Crippen LogP contribution is -2.45. The molecule has 0 saturated heterocycles. The highest BCUT2D eigenvalue weighted by molar-refractivity contribution is 5.78. The van der Waals surface area contributed by atoms with Crippen LogP contribution in [0.1, 0.15) is 34.6 Å². The first-order valence-corrected chi connectivity index (χ1v) is 6.58. The van der Waals surface area contributed by atoms with Crippen molar-refractivity contribution in [3.05, 3.63) is 0 Å². The predicted molar refractivity (Wildman–Crippen MR) is 71.4 cm³/mol. The van der Waals surface area contributed by atoms with Gasteiger partial charge in [-0.05, 0) is 27.7 Å². The number of carbonyl (C=O) groups excluding carboxylic acids is 1. The van der Waals surface area contributed by atoms with Gasteiger partial charge in [-0.1, -0.05) is 6.92 Å². The van der Waals surface area contributed by atoms with E-state index in [1.165, 1.54) is 0 Å². The van der Waals surface area contributed by atoms with E-state index in [9.17, 15) is 9.59 Å². The highest BCUT2D eigenvalue weighted by Gasteiger charge is 2.22. The third kappa shape index (κ3) is 5.49. The number of hydrogen-bond donors (Lipinski definition) is 1. The molecule has 0 rings (SSSR count). The standard InChI is InChI=1S/C13H26N2O3/c1-6-14(7-2)12(16)9-15(10(3)4)8-11(5)13(17)18/h10-11H,6-9H2,1-5H3,(H,17,18). The fourth-order valence-corrected chi connectivity index (χ4v) is 1.74. The molecule has 0 aromatic rings. The number of rotatable bonds is 8. The van der Waals surface area contributed by atoms with Gasteiger partial charge >= 0.3 is 5.97 Å². The number of likely N-dealkylation sites (N-methyl/N-ethyl adjacent to an activating group) is 1. The van der Waals surface area contributed by atoms with Crippen LogP contribution >= 0.6 is 0 Å². The Morgan fingerprint density at radius 1 is 1.11 bits per heavy atom. The monoisotopic (exact) mass is 258 g/mol. The van der Waals surface area contributed by atoms with Crippen LogP contribution in [0.2, 0.25) is 0 Å². The van der Waals surface area contributed by atoms with Crippen molar-refractivity contribution < 1.29 is 14.7 Å². The summed E-state index contributed by atoms with van der Waals surface area (Å²) in [6.07, 6.45) is 0. The molecular formula is C13H26N2O3. The summed E-state index contributed by atoms with van der Waals surface area (Å²) < 4.78 is 0. The molecule has 5 heteroatoms. The number of carbonyl (C=O) groups is 2. The average molecular weight is 258 g/mol. The zero-order valence-corrected chi connectivity index (χ0v) is 12.1. The van der Waals surface area contributed by atoms with E-state index in [0.717, 1.165) is 0 Å².